The fraction of sp³-hybridized carbons (Fsp3) is 0.304. The largest absolute Gasteiger partial charge is 0.459 e. The van der Waals surface area contributed by atoms with E-state index >= 15 is 0 Å². The Morgan fingerprint density at radius 3 is 2.52 bits per heavy atom. The third-order valence-electron chi connectivity index (χ3n) is 4.95. The van der Waals surface area contributed by atoms with Crippen LogP contribution in [0.15, 0.2) is 52.9 Å². The molecule has 0 spiro atoms. The van der Waals surface area contributed by atoms with E-state index in [-0.39, 0.29) is 30.9 Å². The number of furan rings is 1. The van der Waals surface area contributed by atoms with E-state index in [4.69, 9.17) is 4.42 Å². The third-order valence-corrected chi connectivity index (χ3v) is 4.95. The molecule has 3 aromatic rings. The predicted octanol–water partition coefficient (Wildman–Crippen LogP) is 3.80. The maximum absolute atomic E-state index is 12.4. The lowest BCUT2D eigenvalue weighted by Crippen LogP contribution is -2.39. The molecule has 1 aromatic heterocycles. The molecule has 3 rings (SSSR count). The number of fused-ring (bicyclic) bond motifs is 1. The number of rotatable bonds is 7. The SMILES string of the molecule is Cc1cccc(NC(=O)CN(C)CC(=O)N[C@H](C)c2cc3ccccc3o2)c1C. The molecule has 0 saturated heterocycles. The molecule has 0 fully saturated rings. The second kappa shape index (κ2) is 8.92. The summed E-state index contributed by atoms with van der Waals surface area (Å²) >= 11 is 0. The lowest BCUT2D eigenvalue weighted by atomic mass is 10.1. The van der Waals surface area contributed by atoms with Gasteiger partial charge in [-0.2, -0.15) is 0 Å². The highest BCUT2D eigenvalue weighted by Crippen LogP contribution is 2.23. The van der Waals surface area contributed by atoms with Crippen LogP contribution in [-0.2, 0) is 9.59 Å². The Morgan fingerprint density at radius 1 is 1.03 bits per heavy atom. The van der Waals surface area contributed by atoms with Gasteiger partial charge in [-0.1, -0.05) is 30.3 Å². The average Bonchev–Trinajstić information content (AvgIpc) is 3.09. The van der Waals surface area contributed by atoms with Gasteiger partial charge in [-0.3, -0.25) is 14.5 Å². The summed E-state index contributed by atoms with van der Waals surface area (Å²) in [5, 5.41) is 6.83. The molecule has 29 heavy (non-hydrogen) atoms. The summed E-state index contributed by atoms with van der Waals surface area (Å²) < 4.78 is 5.79. The van der Waals surface area contributed by atoms with E-state index in [2.05, 4.69) is 10.6 Å². The molecule has 2 amide bonds. The van der Waals surface area contributed by atoms with Crippen LogP contribution >= 0.6 is 0 Å². The molecule has 2 aromatic carbocycles. The van der Waals surface area contributed by atoms with Gasteiger partial charge in [-0.15, -0.1) is 0 Å². The molecule has 1 atom stereocenters. The first-order valence-corrected chi connectivity index (χ1v) is 9.66. The van der Waals surface area contributed by atoms with Crippen molar-refractivity contribution in [3.05, 3.63) is 65.4 Å². The second-order valence-corrected chi connectivity index (χ2v) is 7.44. The standard InChI is InChI=1S/C23H27N3O3/c1-15-8-7-10-19(16(15)2)25-23(28)14-26(4)13-22(27)24-17(3)21-12-18-9-5-6-11-20(18)29-21/h5-12,17H,13-14H2,1-4H3,(H,24,27)(H,25,28)/t17-/m1/s1. The van der Waals surface area contributed by atoms with E-state index < -0.39 is 0 Å². The lowest BCUT2D eigenvalue weighted by molar-refractivity contribution is -0.123. The van der Waals surface area contributed by atoms with Crippen LogP contribution in [0.2, 0.25) is 0 Å². The van der Waals surface area contributed by atoms with Crippen LogP contribution in [0.1, 0.15) is 29.9 Å². The normalized spacial score (nSPS) is 12.2. The molecular weight excluding hydrogens is 366 g/mol. The van der Waals surface area contributed by atoms with Crippen molar-refractivity contribution in [2.75, 3.05) is 25.5 Å². The zero-order chi connectivity index (χ0) is 21.0. The number of nitrogens with zero attached hydrogens (tertiary/aromatic N) is 1. The maximum atomic E-state index is 12.4. The van der Waals surface area contributed by atoms with Crippen molar-refractivity contribution in [1.29, 1.82) is 0 Å². The fourth-order valence-electron chi connectivity index (χ4n) is 3.20. The number of para-hydroxylation sites is 1. The van der Waals surface area contributed by atoms with Crippen LogP contribution in [0.3, 0.4) is 0 Å². The number of aryl methyl sites for hydroxylation is 1. The zero-order valence-electron chi connectivity index (χ0n) is 17.3. The van der Waals surface area contributed by atoms with Crippen molar-refractivity contribution in [3.63, 3.8) is 0 Å². The molecule has 0 aliphatic rings. The molecule has 6 nitrogen and oxygen atoms in total. The van der Waals surface area contributed by atoms with Gasteiger partial charge in [-0.05, 0) is 57.1 Å². The van der Waals surface area contributed by atoms with E-state index in [1.165, 1.54) is 0 Å². The van der Waals surface area contributed by atoms with Gasteiger partial charge in [-0.25, -0.2) is 0 Å². The Balaban J connectivity index is 1.50. The quantitative estimate of drug-likeness (QED) is 0.640. The summed E-state index contributed by atoms with van der Waals surface area (Å²) in [6, 6.07) is 15.2. The van der Waals surface area contributed by atoms with Crippen molar-refractivity contribution >= 4 is 28.5 Å². The summed E-state index contributed by atoms with van der Waals surface area (Å²) in [6.07, 6.45) is 0. The summed E-state index contributed by atoms with van der Waals surface area (Å²) in [4.78, 5) is 26.4. The molecule has 0 radical (unpaired) electrons. The number of benzene rings is 2. The molecule has 0 unspecified atom stereocenters. The topological polar surface area (TPSA) is 74.6 Å². The molecule has 0 aliphatic carbocycles. The number of likely N-dealkylation sites (N-methyl/N-ethyl adjacent to an activating group) is 1. The highest BCUT2D eigenvalue weighted by molar-refractivity contribution is 5.93. The molecule has 0 saturated carbocycles. The number of carbonyl (C=O) groups is 2. The smallest absolute Gasteiger partial charge is 0.238 e. The molecule has 2 N–H and O–H groups in total. The van der Waals surface area contributed by atoms with Crippen molar-refractivity contribution in [3.8, 4) is 0 Å². The van der Waals surface area contributed by atoms with Gasteiger partial charge < -0.3 is 15.1 Å². The highest BCUT2D eigenvalue weighted by Gasteiger charge is 2.17. The van der Waals surface area contributed by atoms with Gasteiger partial charge in [0.2, 0.25) is 11.8 Å². The van der Waals surface area contributed by atoms with Gasteiger partial charge >= 0.3 is 0 Å². The van der Waals surface area contributed by atoms with Crippen LogP contribution in [0.4, 0.5) is 5.69 Å². The van der Waals surface area contributed by atoms with Crippen LogP contribution in [0.25, 0.3) is 11.0 Å². The first-order chi connectivity index (χ1) is 13.8. The Bertz CT molecular complexity index is 992. The molecule has 0 bridgehead atoms. The molecular formula is C23H27N3O3. The predicted molar refractivity (Wildman–Crippen MR) is 115 cm³/mol. The third kappa shape index (κ3) is 5.23. The zero-order valence-corrected chi connectivity index (χ0v) is 17.3. The van der Waals surface area contributed by atoms with Gasteiger partial charge in [0.05, 0.1) is 19.1 Å². The minimum Gasteiger partial charge on any atom is -0.459 e. The van der Waals surface area contributed by atoms with Crippen molar-refractivity contribution in [2.24, 2.45) is 0 Å². The Morgan fingerprint density at radius 2 is 1.76 bits per heavy atom. The van der Waals surface area contributed by atoms with Crippen LogP contribution in [-0.4, -0.2) is 36.9 Å². The Labute approximate surface area is 170 Å². The van der Waals surface area contributed by atoms with Gasteiger partial charge in [0.1, 0.15) is 11.3 Å². The molecule has 0 aliphatic heterocycles. The number of hydrogen-bond donors (Lipinski definition) is 2. The lowest BCUT2D eigenvalue weighted by Gasteiger charge is -2.18. The summed E-state index contributed by atoms with van der Waals surface area (Å²) in [7, 11) is 1.74. The van der Waals surface area contributed by atoms with Crippen molar-refractivity contribution in [1.82, 2.24) is 10.2 Å². The minimum atomic E-state index is -0.257. The number of hydrogen-bond acceptors (Lipinski definition) is 4. The molecule has 152 valence electrons. The second-order valence-electron chi connectivity index (χ2n) is 7.44. The van der Waals surface area contributed by atoms with Crippen LogP contribution in [0, 0.1) is 13.8 Å². The number of nitrogens with one attached hydrogen (secondary N) is 2. The van der Waals surface area contributed by atoms with Gasteiger partial charge in [0.15, 0.2) is 0 Å². The minimum absolute atomic E-state index is 0.116. The van der Waals surface area contributed by atoms with E-state index in [1.807, 2.05) is 69.3 Å². The molecule has 1 heterocycles. The maximum Gasteiger partial charge on any atom is 0.238 e. The highest BCUT2D eigenvalue weighted by atomic mass is 16.3. The summed E-state index contributed by atoms with van der Waals surface area (Å²) in [5.41, 5.74) is 3.76. The summed E-state index contributed by atoms with van der Waals surface area (Å²) in [5.74, 6) is 0.384. The number of carbonyl (C=O) groups excluding carboxylic acids is 2. The Hall–Kier alpha value is -3.12. The van der Waals surface area contributed by atoms with Gasteiger partial charge in [0.25, 0.3) is 0 Å². The van der Waals surface area contributed by atoms with Crippen LogP contribution < -0.4 is 10.6 Å². The monoisotopic (exact) mass is 393 g/mol. The Kier molecular flexibility index (Phi) is 6.34. The number of anilines is 1. The fourth-order valence-corrected chi connectivity index (χ4v) is 3.20. The first kappa shape index (κ1) is 20.6. The van der Waals surface area contributed by atoms with E-state index in [1.54, 1.807) is 11.9 Å². The van der Waals surface area contributed by atoms with E-state index in [9.17, 15) is 9.59 Å². The van der Waals surface area contributed by atoms with E-state index in [0.717, 1.165) is 27.8 Å². The van der Waals surface area contributed by atoms with Crippen molar-refractivity contribution < 1.29 is 14.0 Å². The van der Waals surface area contributed by atoms with Crippen LogP contribution in [0.5, 0.6) is 0 Å². The molecule has 6 heteroatoms. The van der Waals surface area contributed by atoms with E-state index in [0.29, 0.717) is 5.76 Å². The summed E-state index contributed by atoms with van der Waals surface area (Å²) in [6.45, 7) is 6.10. The number of amides is 2. The average molecular weight is 393 g/mol. The van der Waals surface area contributed by atoms with Crippen molar-refractivity contribution in [2.45, 2.75) is 26.8 Å². The van der Waals surface area contributed by atoms with Gasteiger partial charge in [0, 0.05) is 11.1 Å². The first-order valence-electron chi connectivity index (χ1n) is 9.66.